The molecule has 172 valence electrons. The Morgan fingerprint density at radius 2 is 1.47 bits per heavy atom. The molecule has 0 aliphatic rings. The van der Waals surface area contributed by atoms with Gasteiger partial charge >= 0.3 is 6.09 Å². The second kappa shape index (κ2) is 13.9. The van der Waals surface area contributed by atoms with Crippen LogP contribution in [-0.4, -0.2) is 30.0 Å². The van der Waals surface area contributed by atoms with E-state index in [1.54, 1.807) is 0 Å². The quantitative estimate of drug-likeness (QED) is 0.415. The number of carbonyl (C=O) groups is 3. The Kier molecular flexibility index (Phi) is 10.8. The summed E-state index contributed by atoms with van der Waals surface area (Å²) in [6.07, 6.45) is 3.91. The molecular formula is C25H33N3O4. The van der Waals surface area contributed by atoms with Gasteiger partial charge < -0.3 is 21.1 Å². The molecule has 32 heavy (non-hydrogen) atoms. The summed E-state index contributed by atoms with van der Waals surface area (Å²) in [6.45, 7) is 2.19. The molecule has 0 bridgehead atoms. The van der Waals surface area contributed by atoms with Crippen molar-refractivity contribution in [2.75, 3.05) is 0 Å². The molecule has 2 atom stereocenters. The largest absolute Gasteiger partial charge is 0.445 e. The highest BCUT2D eigenvalue weighted by atomic mass is 16.5. The molecule has 7 heteroatoms. The average molecular weight is 440 g/mol. The molecular weight excluding hydrogens is 406 g/mol. The minimum absolute atomic E-state index is 0.0910. The first kappa shape index (κ1) is 24.9. The second-order valence-electron chi connectivity index (χ2n) is 7.76. The Morgan fingerprint density at radius 3 is 2.06 bits per heavy atom. The van der Waals surface area contributed by atoms with Gasteiger partial charge in [-0.25, -0.2) is 4.79 Å². The van der Waals surface area contributed by atoms with Crippen LogP contribution in [0.2, 0.25) is 0 Å². The van der Waals surface area contributed by atoms with Crippen molar-refractivity contribution < 1.29 is 19.1 Å². The number of rotatable bonds is 13. The van der Waals surface area contributed by atoms with Crippen LogP contribution in [-0.2, 0) is 27.4 Å². The van der Waals surface area contributed by atoms with Crippen LogP contribution < -0.4 is 16.4 Å². The first-order valence-corrected chi connectivity index (χ1v) is 11.1. The molecule has 3 amide bonds. The van der Waals surface area contributed by atoms with Crippen molar-refractivity contribution in [1.29, 1.82) is 0 Å². The minimum atomic E-state index is -0.904. The van der Waals surface area contributed by atoms with E-state index in [1.165, 1.54) is 0 Å². The number of hydrogen-bond acceptors (Lipinski definition) is 4. The summed E-state index contributed by atoms with van der Waals surface area (Å²) in [7, 11) is 0. The van der Waals surface area contributed by atoms with Crippen molar-refractivity contribution in [3.63, 3.8) is 0 Å². The van der Waals surface area contributed by atoms with Crippen LogP contribution in [0.5, 0.6) is 0 Å². The summed E-state index contributed by atoms with van der Waals surface area (Å²) in [5.74, 6) is -1.05. The highest BCUT2D eigenvalue weighted by molar-refractivity contribution is 5.90. The summed E-state index contributed by atoms with van der Waals surface area (Å²) in [5.41, 5.74) is 7.21. The fourth-order valence-corrected chi connectivity index (χ4v) is 3.30. The summed E-state index contributed by atoms with van der Waals surface area (Å²) >= 11 is 0. The number of carbonyl (C=O) groups excluding carboxylic acids is 3. The maximum absolute atomic E-state index is 13.0. The lowest BCUT2D eigenvalue weighted by atomic mass is 10.0. The topological polar surface area (TPSA) is 111 Å². The third-order valence-electron chi connectivity index (χ3n) is 5.11. The number of alkyl carbamates (subject to hydrolysis) is 1. The summed E-state index contributed by atoms with van der Waals surface area (Å²) < 4.78 is 5.27. The predicted molar refractivity (Wildman–Crippen MR) is 124 cm³/mol. The Labute approximate surface area is 189 Å². The van der Waals surface area contributed by atoms with Gasteiger partial charge in [0.2, 0.25) is 11.8 Å². The Hall–Kier alpha value is -3.35. The molecule has 2 aromatic rings. The van der Waals surface area contributed by atoms with Gasteiger partial charge in [0.15, 0.2) is 0 Å². The van der Waals surface area contributed by atoms with Crippen LogP contribution in [0.15, 0.2) is 60.7 Å². The monoisotopic (exact) mass is 439 g/mol. The first-order chi connectivity index (χ1) is 15.5. The van der Waals surface area contributed by atoms with E-state index in [1.807, 2.05) is 60.7 Å². The van der Waals surface area contributed by atoms with Crippen molar-refractivity contribution in [1.82, 2.24) is 10.6 Å². The molecule has 0 heterocycles. The summed E-state index contributed by atoms with van der Waals surface area (Å²) in [4.78, 5) is 37.2. The molecule has 0 aromatic heterocycles. The molecule has 0 spiro atoms. The minimum Gasteiger partial charge on any atom is -0.445 e. The van der Waals surface area contributed by atoms with Gasteiger partial charge in [-0.2, -0.15) is 0 Å². The van der Waals surface area contributed by atoms with Gasteiger partial charge in [0.1, 0.15) is 18.7 Å². The molecule has 0 fully saturated rings. The number of amides is 3. The fraction of sp³-hybridized carbons (Fsp3) is 0.400. The molecule has 0 aliphatic heterocycles. The third kappa shape index (κ3) is 9.20. The Morgan fingerprint density at radius 1 is 0.844 bits per heavy atom. The zero-order valence-corrected chi connectivity index (χ0v) is 18.6. The van der Waals surface area contributed by atoms with E-state index < -0.39 is 30.0 Å². The van der Waals surface area contributed by atoms with Crippen molar-refractivity contribution in [2.45, 2.75) is 64.1 Å². The van der Waals surface area contributed by atoms with Crippen LogP contribution in [0, 0.1) is 0 Å². The van der Waals surface area contributed by atoms with E-state index in [-0.39, 0.29) is 13.0 Å². The van der Waals surface area contributed by atoms with Gasteiger partial charge in [-0.15, -0.1) is 0 Å². The lowest BCUT2D eigenvalue weighted by molar-refractivity contribution is -0.128. The molecule has 0 aliphatic carbocycles. The number of hydrogen-bond donors (Lipinski definition) is 3. The molecule has 4 N–H and O–H groups in total. The van der Waals surface area contributed by atoms with Crippen molar-refractivity contribution >= 4 is 17.9 Å². The third-order valence-corrected chi connectivity index (χ3v) is 5.11. The standard InChI is InChI=1S/C25H33N3O4/c1-2-3-4-11-16-21(23(26)29)27-24(30)22(17-19-12-7-5-8-13-19)28-25(31)32-18-20-14-9-6-10-15-20/h5-10,12-15,21-22H,2-4,11,16-18H2,1H3,(H2,26,29)(H,27,30)(H,28,31)/t21-,22+/m0/s1. The Bertz CT molecular complexity index is 843. The van der Waals surface area contributed by atoms with E-state index in [2.05, 4.69) is 17.6 Å². The van der Waals surface area contributed by atoms with Crippen LogP contribution in [0.25, 0.3) is 0 Å². The average Bonchev–Trinajstić information content (AvgIpc) is 2.80. The summed E-state index contributed by atoms with van der Waals surface area (Å²) in [6, 6.07) is 16.9. The second-order valence-corrected chi connectivity index (χ2v) is 7.76. The number of nitrogens with two attached hydrogens (primary N) is 1. The van der Waals surface area contributed by atoms with Gasteiger partial charge in [-0.05, 0) is 17.5 Å². The van der Waals surface area contributed by atoms with Gasteiger partial charge in [0, 0.05) is 6.42 Å². The van der Waals surface area contributed by atoms with E-state index >= 15 is 0 Å². The van der Waals surface area contributed by atoms with E-state index in [4.69, 9.17) is 10.5 Å². The van der Waals surface area contributed by atoms with Crippen LogP contribution in [0.1, 0.15) is 50.2 Å². The van der Waals surface area contributed by atoms with Crippen molar-refractivity contribution in [2.24, 2.45) is 5.73 Å². The van der Waals surface area contributed by atoms with Gasteiger partial charge in [-0.3, -0.25) is 9.59 Å². The first-order valence-electron chi connectivity index (χ1n) is 11.1. The molecule has 0 radical (unpaired) electrons. The fourth-order valence-electron chi connectivity index (χ4n) is 3.30. The number of ether oxygens (including phenoxy) is 1. The van der Waals surface area contributed by atoms with Gasteiger partial charge in [0.25, 0.3) is 0 Å². The zero-order valence-electron chi connectivity index (χ0n) is 18.6. The maximum Gasteiger partial charge on any atom is 0.408 e. The van der Waals surface area contributed by atoms with Crippen LogP contribution >= 0.6 is 0 Å². The lowest BCUT2D eigenvalue weighted by Crippen LogP contribution is -2.53. The van der Waals surface area contributed by atoms with Gasteiger partial charge in [0.05, 0.1) is 0 Å². The molecule has 7 nitrogen and oxygen atoms in total. The van der Waals surface area contributed by atoms with E-state index in [0.29, 0.717) is 6.42 Å². The normalized spacial score (nSPS) is 12.4. The SMILES string of the molecule is CCCCCC[C@H](NC(=O)[C@@H](Cc1ccccc1)NC(=O)OCc1ccccc1)C(N)=O. The molecule has 2 rings (SSSR count). The van der Waals surface area contributed by atoms with Crippen molar-refractivity contribution in [3.8, 4) is 0 Å². The van der Waals surface area contributed by atoms with E-state index in [0.717, 1.165) is 36.8 Å². The summed E-state index contributed by atoms with van der Waals surface area (Å²) in [5, 5.41) is 5.34. The van der Waals surface area contributed by atoms with E-state index in [9.17, 15) is 14.4 Å². The highest BCUT2D eigenvalue weighted by Gasteiger charge is 2.26. The van der Waals surface area contributed by atoms with Crippen LogP contribution in [0.4, 0.5) is 4.79 Å². The lowest BCUT2D eigenvalue weighted by Gasteiger charge is -2.22. The number of benzene rings is 2. The van der Waals surface area contributed by atoms with Crippen molar-refractivity contribution in [3.05, 3.63) is 71.8 Å². The smallest absolute Gasteiger partial charge is 0.408 e. The molecule has 0 saturated heterocycles. The molecule has 0 saturated carbocycles. The molecule has 2 aromatic carbocycles. The zero-order chi connectivity index (χ0) is 23.2. The van der Waals surface area contributed by atoms with Gasteiger partial charge in [-0.1, -0.05) is 93.3 Å². The number of nitrogens with one attached hydrogen (secondary N) is 2. The predicted octanol–water partition coefficient (Wildman–Crippen LogP) is 3.46. The maximum atomic E-state index is 13.0. The van der Waals surface area contributed by atoms with Crippen LogP contribution in [0.3, 0.4) is 0 Å². The number of unbranched alkanes of at least 4 members (excludes halogenated alkanes) is 3. The highest BCUT2D eigenvalue weighted by Crippen LogP contribution is 2.08. The number of primary amides is 1. The Balaban J connectivity index is 2.01. The molecule has 0 unspecified atom stereocenters.